The molecule has 1 fully saturated rings. The van der Waals surface area contributed by atoms with Crippen molar-refractivity contribution < 1.29 is 14.6 Å². The van der Waals surface area contributed by atoms with Gasteiger partial charge in [-0.05, 0) is 26.2 Å². The van der Waals surface area contributed by atoms with Crippen LogP contribution in [0.3, 0.4) is 0 Å². The summed E-state index contributed by atoms with van der Waals surface area (Å²) >= 11 is 0. The molecule has 0 aromatic heterocycles. The molecule has 0 saturated carbocycles. The van der Waals surface area contributed by atoms with E-state index in [1.54, 1.807) is 0 Å². The number of ether oxygens (including phenoxy) is 2. The lowest BCUT2D eigenvalue weighted by Crippen LogP contribution is -2.37. The maximum Gasteiger partial charge on any atom is 0.163 e. The Kier molecular flexibility index (Phi) is 3.93. The highest BCUT2D eigenvalue weighted by molar-refractivity contribution is 4.77. The van der Waals surface area contributed by atoms with Gasteiger partial charge in [0.1, 0.15) is 0 Å². The van der Waals surface area contributed by atoms with Crippen LogP contribution in [-0.2, 0) is 9.47 Å². The first-order valence-electron chi connectivity index (χ1n) is 5.39. The minimum Gasteiger partial charge on any atom is -0.396 e. The third-order valence-corrected chi connectivity index (χ3v) is 2.85. The van der Waals surface area contributed by atoms with E-state index in [0.717, 1.165) is 13.0 Å². The van der Waals surface area contributed by atoms with Gasteiger partial charge in [0.25, 0.3) is 0 Å². The molecule has 3 nitrogen and oxygen atoms in total. The Morgan fingerprint density at radius 3 is 2.71 bits per heavy atom. The van der Waals surface area contributed by atoms with Gasteiger partial charge in [0.15, 0.2) is 5.79 Å². The van der Waals surface area contributed by atoms with Crippen LogP contribution in [0.5, 0.6) is 0 Å². The van der Waals surface area contributed by atoms with Crippen molar-refractivity contribution in [3.8, 4) is 0 Å². The molecule has 0 spiro atoms. The van der Waals surface area contributed by atoms with Crippen LogP contribution in [0.25, 0.3) is 0 Å². The van der Waals surface area contributed by atoms with Gasteiger partial charge < -0.3 is 14.6 Å². The minimum atomic E-state index is -0.515. The molecule has 3 heteroatoms. The summed E-state index contributed by atoms with van der Waals surface area (Å²) in [5, 5.41) is 9.15. The molecule has 0 aromatic carbocycles. The molecular weight excluding hydrogens is 180 g/mol. The second-order valence-corrected chi connectivity index (χ2v) is 4.76. The predicted molar refractivity (Wildman–Crippen MR) is 54.9 cm³/mol. The van der Waals surface area contributed by atoms with E-state index in [-0.39, 0.29) is 18.6 Å². The summed E-state index contributed by atoms with van der Waals surface area (Å²) in [6.07, 6.45) is 1.09. The molecule has 0 bridgehead atoms. The summed E-state index contributed by atoms with van der Waals surface area (Å²) in [6.45, 7) is 8.95. The highest BCUT2D eigenvalue weighted by Crippen LogP contribution is 2.29. The molecule has 0 aliphatic carbocycles. The van der Waals surface area contributed by atoms with E-state index < -0.39 is 5.79 Å². The van der Waals surface area contributed by atoms with Crippen LogP contribution < -0.4 is 0 Å². The maximum atomic E-state index is 9.15. The summed E-state index contributed by atoms with van der Waals surface area (Å²) in [7, 11) is 0. The molecule has 0 radical (unpaired) electrons. The number of hydrogen-bond donors (Lipinski definition) is 1. The number of aliphatic hydroxyl groups is 1. The topological polar surface area (TPSA) is 38.7 Å². The molecule has 1 heterocycles. The van der Waals surface area contributed by atoms with E-state index in [9.17, 15) is 0 Å². The van der Waals surface area contributed by atoms with Gasteiger partial charge in [-0.15, -0.1) is 0 Å². The summed E-state index contributed by atoms with van der Waals surface area (Å²) in [4.78, 5) is 0. The fourth-order valence-electron chi connectivity index (χ4n) is 1.91. The largest absolute Gasteiger partial charge is 0.396 e. The Bertz CT molecular complexity index is 179. The fourth-order valence-corrected chi connectivity index (χ4v) is 1.91. The van der Waals surface area contributed by atoms with E-state index in [4.69, 9.17) is 14.6 Å². The van der Waals surface area contributed by atoms with Gasteiger partial charge in [-0.3, -0.25) is 0 Å². The van der Waals surface area contributed by atoms with E-state index >= 15 is 0 Å². The van der Waals surface area contributed by atoms with Gasteiger partial charge in [-0.25, -0.2) is 0 Å². The first-order valence-corrected chi connectivity index (χ1v) is 5.39. The quantitative estimate of drug-likeness (QED) is 0.742. The first kappa shape index (κ1) is 12.0. The first-order chi connectivity index (χ1) is 6.46. The van der Waals surface area contributed by atoms with Gasteiger partial charge in [0, 0.05) is 12.5 Å². The second-order valence-electron chi connectivity index (χ2n) is 4.76. The molecule has 0 unspecified atom stereocenters. The SMILES string of the molecule is C[C@H](CO)[C@H]1OC(C)(C)OCC[C@H]1C. The van der Waals surface area contributed by atoms with Crippen LogP contribution in [-0.4, -0.2) is 30.2 Å². The molecule has 1 aliphatic heterocycles. The average Bonchev–Trinajstić information content (AvgIpc) is 2.24. The van der Waals surface area contributed by atoms with E-state index in [1.807, 2.05) is 20.8 Å². The van der Waals surface area contributed by atoms with Gasteiger partial charge in [0.05, 0.1) is 12.7 Å². The standard InChI is InChI=1S/C11H22O3/c1-8-5-6-13-11(3,4)14-10(8)9(2)7-12/h8-10,12H,5-7H2,1-4H3/t8-,9-,10+/m1/s1. The predicted octanol–water partition coefficient (Wildman–Crippen LogP) is 1.79. The fraction of sp³-hybridized carbons (Fsp3) is 1.00. The summed E-state index contributed by atoms with van der Waals surface area (Å²) in [5.41, 5.74) is 0. The van der Waals surface area contributed by atoms with Crippen LogP contribution in [0.2, 0.25) is 0 Å². The van der Waals surface area contributed by atoms with Crippen LogP contribution >= 0.6 is 0 Å². The third-order valence-electron chi connectivity index (χ3n) is 2.85. The van der Waals surface area contributed by atoms with Crippen LogP contribution in [0, 0.1) is 11.8 Å². The van der Waals surface area contributed by atoms with Gasteiger partial charge in [-0.1, -0.05) is 13.8 Å². The number of rotatable bonds is 2. The molecular formula is C11H22O3. The highest BCUT2D eigenvalue weighted by Gasteiger charge is 2.34. The van der Waals surface area contributed by atoms with Crippen molar-refractivity contribution in [3.63, 3.8) is 0 Å². The molecule has 0 aromatic rings. The zero-order valence-electron chi connectivity index (χ0n) is 9.62. The maximum absolute atomic E-state index is 9.15. The Hall–Kier alpha value is -0.120. The van der Waals surface area contributed by atoms with Crippen molar-refractivity contribution in [1.29, 1.82) is 0 Å². The van der Waals surface area contributed by atoms with Gasteiger partial charge >= 0.3 is 0 Å². The zero-order valence-corrected chi connectivity index (χ0v) is 9.62. The molecule has 84 valence electrons. The zero-order chi connectivity index (χ0) is 10.8. The smallest absolute Gasteiger partial charge is 0.163 e. The Morgan fingerprint density at radius 2 is 2.14 bits per heavy atom. The minimum absolute atomic E-state index is 0.0949. The van der Waals surface area contributed by atoms with Gasteiger partial charge in [-0.2, -0.15) is 0 Å². The molecule has 1 rings (SSSR count). The summed E-state index contributed by atoms with van der Waals surface area (Å²) in [6, 6.07) is 0. The number of hydrogen-bond acceptors (Lipinski definition) is 3. The van der Waals surface area contributed by atoms with Crippen molar-refractivity contribution in [2.24, 2.45) is 11.8 Å². The molecule has 1 saturated heterocycles. The monoisotopic (exact) mass is 202 g/mol. The normalized spacial score (nSPS) is 34.9. The molecule has 1 N–H and O–H groups in total. The highest BCUT2D eigenvalue weighted by atomic mass is 16.7. The van der Waals surface area contributed by atoms with Gasteiger partial charge in [0.2, 0.25) is 0 Å². The Morgan fingerprint density at radius 1 is 1.50 bits per heavy atom. The van der Waals surface area contributed by atoms with Crippen molar-refractivity contribution in [2.75, 3.05) is 13.2 Å². The molecule has 14 heavy (non-hydrogen) atoms. The lowest BCUT2D eigenvalue weighted by molar-refractivity contribution is -0.236. The summed E-state index contributed by atoms with van der Waals surface area (Å²) in [5.74, 6) is 0.101. The van der Waals surface area contributed by atoms with Crippen molar-refractivity contribution in [2.45, 2.75) is 46.0 Å². The van der Waals surface area contributed by atoms with Crippen molar-refractivity contribution in [1.82, 2.24) is 0 Å². The third kappa shape index (κ3) is 2.94. The summed E-state index contributed by atoms with van der Waals surface area (Å²) < 4.78 is 11.5. The molecule has 3 atom stereocenters. The average molecular weight is 202 g/mol. The lowest BCUT2D eigenvalue weighted by atomic mass is 9.91. The van der Waals surface area contributed by atoms with E-state index in [2.05, 4.69) is 6.92 Å². The molecule has 0 amide bonds. The van der Waals surface area contributed by atoms with Crippen LogP contribution in [0.1, 0.15) is 34.1 Å². The van der Waals surface area contributed by atoms with E-state index in [1.165, 1.54) is 0 Å². The Balaban J connectivity index is 2.68. The van der Waals surface area contributed by atoms with Crippen LogP contribution in [0.15, 0.2) is 0 Å². The number of aliphatic hydroxyl groups excluding tert-OH is 1. The Labute approximate surface area is 86.4 Å². The second kappa shape index (κ2) is 4.60. The lowest BCUT2D eigenvalue weighted by Gasteiger charge is -2.32. The van der Waals surface area contributed by atoms with Crippen LogP contribution in [0.4, 0.5) is 0 Å². The molecule has 1 aliphatic rings. The van der Waals surface area contributed by atoms with E-state index in [0.29, 0.717) is 5.92 Å². The van der Waals surface area contributed by atoms with Crippen molar-refractivity contribution >= 4 is 0 Å². The van der Waals surface area contributed by atoms with Crippen molar-refractivity contribution in [3.05, 3.63) is 0 Å².